The van der Waals surface area contributed by atoms with Crippen LogP contribution in [0.2, 0.25) is 0 Å². The number of aryl methyl sites for hydroxylation is 1. The van der Waals surface area contributed by atoms with Gasteiger partial charge in [-0.05, 0) is 46.3 Å². The zero-order chi connectivity index (χ0) is 11.4. The fourth-order valence-corrected chi connectivity index (χ4v) is 1.53. The summed E-state index contributed by atoms with van der Waals surface area (Å²) in [5.41, 5.74) is 1.21. The number of anilines is 1. The van der Waals surface area contributed by atoms with Gasteiger partial charge in [0.05, 0.1) is 4.47 Å². The number of hydrogen-bond donors (Lipinski definition) is 1. The molecule has 0 radical (unpaired) electrons. The number of nitrogens with one attached hydrogen (secondary N) is 1. The summed E-state index contributed by atoms with van der Waals surface area (Å²) < 4.78 is 1.07. The number of hydrogen-bond acceptors (Lipinski definition) is 2. The number of rotatable bonds is 4. The minimum atomic E-state index is 0.652. The Hall–Kier alpha value is -0.570. The van der Waals surface area contributed by atoms with Gasteiger partial charge < -0.3 is 5.32 Å². The van der Waals surface area contributed by atoms with Crippen molar-refractivity contribution in [1.82, 2.24) is 4.98 Å². The van der Waals surface area contributed by atoms with Crippen LogP contribution in [-0.4, -0.2) is 11.5 Å². The largest absolute Gasteiger partial charge is 0.369 e. The predicted octanol–water partition coefficient (Wildman–Crippen LogP) is 3.86. The molecule has 0 aliphatic heterocycles. The van der Waals surface area contributed by atoms with Crippen molar-refractivity contribution in [2.45, 2.75) is 27.7 Å². The molecule has 0 spiro atoms. The maximum atomic E-state index is 4.31. The third-order valence-electron chi connectivity index (χ3n) is 2.81. The molecular weight excluding hydrogens is 252 g/mol. The number of halogens is 1. The van der Waals surface area contributed by atoms with E-state index >= 15 is 0 Å². The van der Waals surface area contributed by atoms with E-state index < -0.39 is 0 Å². The lowest BCUT2D eigenvalue weighted by molar-refractivity contribution is 0.439. The Morgan fingerprint density at radius 2 is 2.07 bits per heavy atom. The van der Waals surface area contributed by atoms with E-state index in [1.165, 1.54) is 5.56 Å². The lowest BCUT2D eigenvalue weighted by Crippen LogP contribution is -2.17. The molecule has 1 heterocycles. The Kier molecular flexibility index (Phi) is 4.58. The zero-order valence-electron chi connectivity index (χ0n) is 9.84. The third-order valence-corrected chi connectivity index (χ3v) is 3.81. The van der Waals surface area contributed by atoms with Crippen molar-refractivity contribution in [1.29, 1.82) is 0 Å². The smallest absolute Gasteiger partial charge is 0.140 e. The molecule has 3 heteroatoms. The number of pyridine rings is 1. The normalized spacial score (nSPS) is 12.9. The molecule has 1 atom stereocenters. The molecule has 1 N–H and O–H groups in total. The van der Waals surface area contributed by atoms with Crippen LogP contribution in [0.3, 0.4) is 0 Å². The van der Waals surface area contributed by atoms with Crippen molar-refractivity contribution in [2.24, 2.45) is 11.8 Å². The molecule has 0 aromatic carbocycles. The monoisotopic (exact) mass is 270 g/mol. The molecule has 0 aliphatic rings. The summed E-state index contributed by atoms with van der Waals surface area (Å²) in [7, 11) is 0. The number of aromatic nitrogens is 1. The van der Waals surface area contributed by atoms with E-state index in [0.29, 0.717) is 11.8 Å². The highest BCUT2D eigenvalue weighted by molar-refractivity contribution is 9.10. The van der Waals surface area contributed by atoms with Crippen LogP contribution < -0.4 is 5.32 Å². The Morgan fingerprint density at radius 3 is 2.67 bits per heavy atom. The molecule has 1 unspecified atom stereocenters. The quantitative estimate of drug-likeness (QED) is 0.899. The van der Waals surface area contributed by atoms with E-state index in [0.717, 1.165) is 16.8 Å². The Morgan fingerprint density at radius 1 is 1.40 bits per heavy atom. The molecule has 0 amide bonds. The Labute approximate surface area is 101 Å². The van der Waals surface area contributed by atoms with Gasteiger partial charge in [0.25, 0.3) is 0 Å². The summed E-state index contributed by atoms with van der Waals surface area (Å²) in [6.07, 6.45) is 1.84. The van der Waals surface area contributed by atoms with E-state index in [1.54, 1.807) is 0 Å². The van der Waals surface area contributed by atoms with Gasteiger partial charge in [-0.15, -0.1) is 0 Å². The van der Waals surface area contributed by atoms with Crippen LogP contribution in [0.5, 0.6) is 0 Å². The van der Waals surface area contributed by atoms with Gasteiger partial charge in [0.1, 0.15) is 5.82 Å². The van der Waals surface area contributed by atoms with Crippen LogP contribution in [-0.2, 0) is 0 Å². The summed E-state index contributed by atoms with van der Waals surface area (Å²) in [6, 6.07) is 2.00. The van der Waals surface area contributed by atoms with Gasteiger partial charge in [-0.3, -0.25) is 0 Å². The molecule has 0 aliphatic carbocycles. The minimum Gasteiger partial charge on any atom is -0.369 e. The first-order valence-corrected chi connectivity index (χ1v) is 6.16. The summed E-state index contributed by atoms with van der Waals surface area (Å²) >= 11 is 3.54. The molecule has 0 saturated heterocycles. The van der Waals surface area contributed by atoms with Crippen LogP contribution in [0.15, 0.2) is 16.7 Å². The van der Waals surface area contributed by atoms with Crippen LogP contribution in [0, 0.1) is 18.8 Å². The van der Waals surface area contributed by atoms with E-state index in [9.17, 15) is 0 Å². The van der Waals surface area contributed by atoms with Gasteiger partial charge in [0.15, 0.2) is 0 Å². The zero-order valence-corrected chi connectivity index (χ0v) is 11.4. The van der Waals surface area contributed by atoms with Crippen molar-refractivity contribution in [2.75, 3.05) is 11.9 Å². The van der Waals surface area contributed by atoms with Gasteiger partial charge in [-0.2, -0.15) is 0 Å². The van der Waals surface area contributed by atoms with Crippen molar-refractivity contribution in [3.8, 4) is 0 Å². The fraction of sp³-hybridized carbons (Fsp3) is 0.583. The third kappa shape index (κ3) is 3.49. The topological polar surface area (TPSA) is 24.9 Å². The molecule has 84 valence electrons. The van der Waals surface area contributed by atoms with Gasteiger partial charge in [-0.1, -0.05) is 20.8 Å². The van der Waals surface area contributed by atoms with Crippen LogP contribution in [0.25, 0.3) is 0 Å². The van der Waals surface area contributed by atoms with Crippen molar-refractivity contribution in [3.63, 3.8) is 0 Å². The maximum Gasteiger partial charge on any atom is 0.140 e. The highest BCUT2D eigenvalue weighted by Crippen LogP contribution is 2.23. The van der Waals surface area contributed by atoms with Crippen molar-refractivity contribution >= 4 is 21.7 Å². The highest BCUT2D eigenvalue weighted by atomic mass is 79.9. The predicted molar refractivity (Wildman–Crippen MR) is 69.2 cm³/mol. The number of nitrogens with zero attached hydrogens (tertiary/aromatic N) is 1. The maximum absolute atomic E-state index is 4.31. The van der Waals surface area contributed by atoms with Crippen molar-refractivity contribution < 1.29 is 0 Å². The van der Waals surface area contributed by atoms with Crippen molar-refractivity contribution in [3.05, 3.63) is 22.3 Å². The Balaban J connectivity index is 2.62. The molecule has 1 rings (SSSR count). The second-order valence-corrected chi connectivity index (χ2v) is 5.19. The average Bonchev–Trinajstić information content (AvgIpc) is 2.19. The minimum absolute atomic E-state index is 0.652. The van der Waals surface area contributed by atoms with Gasteiger partial charge >= 0.3 is 0 Å². The fourth-order valence-electron chi connectivity index (χ4n) is 1.16. The molecule has 15 heavy (non-hydrogen) atoms. The lowest BCUT2D eigenvalue weighted by Gasteiger charge is -2.17. The summed E-state index contributed by atoms with van der Waals surface area (Å²) in [4.78, 5) is 4.31. The van der Waals surface area contributed by atoms with Crippen LogP contribution >= 0.6 is 15.9 Å². The lowest BCUT2D eigenvalue weighted by atomic mass is 9.98. The van der Waals surface area contributed by atoms with Gasteiger partial charge in [0, 0.05) is 12.7 Å². The molecule has 1 aromatic rings. The van der Waals surface area contributed by atoms with E-state index in [-0.39, 0.29) is 0 Å². The van der Waals surface area contributed by atoms with E-state index in [2.05, 4.69) is 53.9 Å². The first kappa shape index (κ1) is 12.5. The van der Waals surface area contributed by atoms with E-state index in [4.69, 9.17) is 0 Å². The van der Waals surface area contributed by atoms with Crippen LogP contribution in [0.1, 0.15) is 26.3 Å². The first-order chi connectivity index (χ1) is 7.02. The SMILES string of the molecule is Cc1ccnc(NCC(C)C(C)C)c1Br. The Bertz CT molecular complexity index is 323. The highest BCUT2D eigenvalue weighted by Gasteiger charge is 2.08. The molecule has 0 bridgehead atoms. The first-order valence-electron chi connectivity index (χ1n) is 5.37. The molecule has 0 saturated carbocycles. The molecule has 0 fully saturated rings. The second-order valence-electron chi connectivity index (χ2n) is 4.39. The average molecular weight is 271 g/mol. The summed E-state index contributed by atoms with van der Waals surface area (Å²) in [5.74, 6) is 2.29. The van der Waals surface area contributed by atoms with Gasteiger partial charge in [-0.25, -0.2) is 4.98 Å². The molecular formula is C12H19BrN2. The summed E-state index contributed by atoms with van der Waals surface area (Å²) in [5, 5.41) is 3.38. The molecule has 2 nitrogen and oxygen atoms in total. The standard InChI is InChI=1S/C12H19BrN2/c1-8(2)10(4)7-15-12-11(13)9(3)5-6-14-12/h5-6,8,10H,7H2,1-4H3,(H,14,15). The van der Waals surface area contributed by atoms with E-state index in [1.807, 2.05) is 12.3 Å². The van der Waals surface area contributed by atoms with Gasteiger partial charge in [0.2, 0.25) is 0 Å². The van der Waals surface area contributed by atoms with Crippen LogP contribution in [0.4, 0.5) is 5.82 Å². The second kappa shape index (κ2) is 5.50. The summed E-state index contributed by atoms with van der Waals surface area (Å²) in [6.45, 7) is 9.77. The molecule has 1 aromatic heterocycles.